The molecule has 2 fully saturated rings. The van der Waals surface area contributed by atoms with Crippen molar-refractivity contribution in [3.8, 4) is 11.1 Å². The zero-order valence-electron chi connectivity index (χ0n) is 16.7. The molecule has 0 aliphatic carbocycles. The van der Waals surface area contributed by atoms with Crippen molar-refractivity contribution in [2.45, 2.75) is 24.9 Å². The number of hydrogen-bond acceptors (Lipinski definition) is 4. The van der Waals surface area contributed by atoms with Crippen molar-refractivity contribution in [2.75, 3.05) is 24.7 Å². The molecule has 6 heteroatoms. The van der Waals surface area contributed by atoms with Crippen LogP contribution in [0.1, 0.15) is 18.4 Å². The van der Waals surface area contributed by atoms with Gasteiger partial charge in [-0.1, -0.05) is 30.3 Å². The number of likely N-dealkylation sites (tertiary alicyclic amines) is 1. The highest BCUT2D eigenvalue weighted by molar-refractivity contribution is 7.08. The number of carbonyl (C=O) groups is 1. The quantitative estimate of drug-likeness (QED) is 0.675. The maximum atomic E-state index is 14.7. The van der Waals surface area contributed by atoms with Crippen LogP contribution in [0.5, 0.6) is 0 Å². The summed E-state index contributed by atoms with van der Waals surface area (Å²) in [7, 11) is 0. The Balaban J connectivity index is 1.35. The molecular weight excluding hydrogens is 397 g/mol. The van der Waals surface area contributed by atoms with Gasteiger partial charge in [0.25, 0.3) is 0 Å². The van der Waals surface area contributed by atoms with Gasteiger partial charge in [-0.25, -0.2) is 4.39 Å². The minimum atomic E-state index is -0.511. The molecule has 3 heterocycles. The van der Waals surface area contributed by atoms with Crippen molar-refractivity contribution in [3.05, 3.63) is 76.7 Å². The highest BCUT2D eigenvalue weighted by Gasteiger charge is 2.50. The van der Waals surface area contributed by atoms with Crippen LogP contribution < -0.4 is 10.2 Å². The Kier molecular flexibility index (Phi) is 5.05. The second kappa shape index (κ2) is 7.85. The summed E-state index contributed by atoms with van der Waals surface area (Å²) in [5, 5.41) is 7.12. The lowest BCUT2D eigenvalue weighted by atomic mass is 9.85. The maximum Gasteiger partial charge on any atom is 0.247 e. The van der Waals surface area contributed by atoms with Crippen molar-refractivity contribution in [1.82, 2.24) is 10.2 Å². The number of amides is 1. The number of anilines is 1. The van der Waals surface area contributed by atoms with Crippen molar-refractivity contribution in [3.63, 3.8) is 0 Å². The molecule has 5 rings (SSSR count). The third kappa shape index (κ3) is 3.30. The van der Waals surface area contributed by atoms with E-state index in [1.165, 1.54) is 6.07 Å². The topological polar surface area (TPSA) is 35.6 Å². The van der Waals surface area contributed by atoms with Gasteiger partial charge in [-0.05, 0) is 59.0 Å². The Morgan fingerprint density at radius 1 is 1.03 bits per heavy atom. The molecule has 1 amide bonds. The standard InChI is InChI=1S/C24H24FN3OS/c25-22-8-4-7-20(18-9-14-30-16-18)21(22)15-27-12-10-24(11-13-27)23(29)26-17-28(24)19-5-2-1-3-6-19/h1-9,14,16H,10-13,15,17H2,(H,26,29). The van der Waals surface area contributed by atoms with Gasteiger partial charge in [-0.3, -0.25) is 9.69 Å². The van der Waals surface area contributed by atoms with E-state index in [2.05, 4.69) is 32.6 Å². The number of thiophene rings is 1. The van der Waals surface area contributed by atoms with E-state index in [4.69, 9.17) is 0 Å². The van der Waals surface area contributed by atoms with Crippen LogP contribution in [0.2, 0.25) is 0 Å². The Morgan fingerprint density at radius 3 is 2.57 bits per heavy atom. The Hall–Kier alpha value is -2.70. The van der Waals surface area contributed by atoms with E-state index >= 15 is 0 Å². The summed E-state index contributed by atoms with van der Waals surface area (Å²) in [5.41, 5.74) is 3.32. The molecule has 2 aliphatic rings. The second-order valence-corrected chi connectivity index (χ2v) is 8.79. The van der Waals surface area contributed by atoms with Gasteiger partial charge in [-0.15, -0.1) is 0 Å². The molecule has 0 atom stereocenters. The summed E-state index contributed by atoms with van der Waals surface area (Å²) in [6.45, 7) is 2.61. The Bertz CT molecular complexity index is 1030. The molecule has 2 saturated heterocycles. The SMILES string of the molecule is O=C1NCN(c2ccccc2)C12CCN(Cc1c(F)cccc1-c1ccsc1)CC2. The van der Waals surface area contributed by atoms with E-state index < -0.39 is 5.54 Å². The molecule has 2 aliphatic heterocycles. The van der Waals surface area contributed by atoms with Gasteiger partial charge in [0.2, 0.25) is 5.91 Å². The van der Waals surface area contributed by atoms with Crippen LogP contribution in [0.25, 0.3) is 11.1 Å². The number of nitrogens with zero attached hydrogens (tertiary/aromatic N) is 2. The first-order valence-corrected chi connectivity index (χ1v) is 11.2. The smallest absolute Gasteiger partial charge is 0.247 e. The van der Waals surface area contributed by atoms with Gasteiger partial charge < -0.3 is 10.2 Å². The van der Waals surface area contributed by atoms with E-state index in [0.717, 1.165) is 48.3 Å². The van der Waals surface area contributed by atoms with Gasteiger partial charge in [0, 0.05) is 30.9 Å². The third-order valence-corrected chi connectivity index (χ3v) is 7.10. The molecule has 0 unspecified atom stereocenters. The first-order valence-electron chi connectivity index (χ1n) is 10.3. The number of rotatable bonds is 4. The molecule has 0 radical (unpaired) electrons. The predicted molar refractivity (Wildman–Crippen MR) is 119 cm³/mol. The normalized spacial score (nSPS) is 18.7. The molecule has 4 nitrogen and oxygen atoms in total. The van der Waals surface area contributed by atoms with Crippen molar-refractivity contribution in [2.24, 2.45) is 0 Å². The first-order chi connectivity index (χ1) is 14.7. The van der Waals surface area contributed by atoms with Gasteiger partial charge in [-0.2, -0.15) is 11.3 Å². The molecule has 154 valence electrons. The van der Waals surface area contributed by atoms with Crippen LogP contribution in [0.15, 0.2) is 65.4 Å². The summed E-state index contributed by atoms with van der Waals surface area (Å²) in [5.74, 6) is -0.0561. The number of piperidine rings is 1. The molecule has 3 aromatic rings. The zero-order valence-corrected chi connectivity index (χ0v) is 17.5. The van der Waals surface area contributed by atoms with E-state index in [1.54, 1.807) is 17.4 Å². The molecule has 1 aromatic heterocycles. The zero-order chi connectivity index (χ0) is 20.6. The summed E-state index contributed by atoms with van der Waals surface area (Å²) < 4.78 is 14.7. The van der Waals surface area contributed by atoms with Crippen molar-refractivity contribution < 1.29 is 9.18 Å². The van der Waals surface area contributed by atoms with E-state index in [-0.39, 0.29) is 11.7 Å². The fourth-order valence-corrected chi connectivity index (χ4v) is 5.40. The lowest BCUT2D eigenvalue weighted by molar-refractivity contribution is -0.125. The van der Waals surface area contributed by atoms with Crippen LogP contribution in [0.4, 0.5) is 10.1 Å². The number of para-hydroxylation sites is 1. The largest absolute Gasteiger partial charge is 0.339 e. The lowest BCUT2D eigenvalue weighted by Gasteiger charge is -2.43. The average molecular weight is 422 g/mol. The van der Waals surface area contributed by atoms with Crippen LogP contribution in [-0.4, -0.2) is 36.1 Å². The van der Waals surface area contributed by atoms with Crippen molar-refractivity contribution in [1.29, 1.82) is 0 Å². The van der Waals surface area contributed by atoms with Crippen molar-refractivity contribution >= 4 is 22.9 Å². The Morgan fingerprint density at radius 2 is 1.83 bits per heavy atom. The fourth-order valence-electron chi connectivity index (χ4n) is 4.74. The molecule has 1 N–H and O–H groups in total. The minimum Gasteiger partial charge on any atom is -0.339 e. The molecular formula is C24H24FN3OS. The number of halogens is 1. The van der Waals surface area contributed by atoms with Gasteiger partial charge in [0.05, 0.1) is 6.67 Å². The van der Waals surface area contributed by atoms with E-state index in [0.29, 0.717) is 13.2 Å². The molecule has 1 spiro atoms. The highest BCUT2D eigenvalue weighted by atomic mass is 32.1. The number of nitrogens with one attached hydrogen (secondary N) is 1. The summed E-state index contributed by atoms with van der Waals surface area (Å²) >= 11 is 1.62. The number of carbonyl (C=O) groups excluding carboxylic acids is 1. The average Bonchev–Trinajstić information content (AvgIpc) is 3.41. The minimum absolute atomic E-state index is 0.107. The van der Waals surface area contributed by atoms with Crippen LogP contribution in [0, 0.1) is 5.82 Å². The molecule has 2 aromatic carbocycles. The maximum absolute atomic E-state index is 14.7. The monoisotopic (exact) mass is 421 g/mol. The van der Waals surface area contributed by atoms with Crippen LogP contribution in [0.3, 0.4) is 0 Å². The molecule has 0 saturated carbocycles. The summed E-state index contributed by atoms with van der Waals surface area (Å²) in [6.07, 6.45) is 1.46. The Labute approximate surface area is 179 Å². The molecule has 0 bridgehead atoms. The summed E-state index contributed by atoms with van der Waals surface area (Å²) in [6, 6.07) is 17.5. The van der Waals surface area contributed by atoms with E-state index in [9.17, 15) is 9.18 Å². The summed E-state index contributed by atoms with van der Waals surface area (Å²) in [4.78, 5) is 17.3. The van der Waals surface area contributed by atoms with Gasteiger partial charge >= 0.3 is 0 Å². The van der Waals surface area contributed by atoms with Crippen LogP contribution in [-0.2, 0) is 11.3 Å². The first kappa shape index (κ1) is 19.3. The third-order valence-electron chi connectivity index (χ3n) is 6.42. The number of hydrogen-bond donors (Lipinski definition) is 1. The number of benzene rings is 2. The van der Waals surface area contributed by atoms with E-state index in [1.807, 2.05) is 35.7 Å². The van der Waals surface area contributed by atoms with Gasteiger partial charge in [0.15, 0.2) is 0 Å². The predicted octanol–water partition coefficient (Wildman–Crippen LogP) is 4.48. The van der Waals surface area contributed by atoms with Crippen LogP contribution >= 0.6 is 11.3 Å². The fraction of sp³-hybridized carbons (Fsp3) is 0.292. The lowest BCUT2D eigenvalue weighted by Crippen LogP contribution is -2.56. The van der Waals surface area contributed by atoms with Gasteiger partial charge in [0.1, 0.15) is 11.4 Å². The second-order valence-electron chi connectivity index (χ2n) is 8.01. The molecule has 30 heavy (non-hydrogen) atoms. The highest BCUT2D eigenvalue weighted by Crippen LogP contribution is 2.37.